The van der Waals surface area contributed by atoms with Gasteiger partial charge in [0.15, 0.2) is 0 Å². The van der Waals surface area contributed by atoms with Gasteiger partial charge >= 0.3 is 5.97 Å². The second-order valence-corrected chi connectivity index (χ2v) is 11.5. The first-order valence-corrected chi connectivity index (χ1v) is 12.5. The summed E-state index contributed by atoms with van der Waals surface area (Å²) in [5.41, 5.74) is 4.43. The van der Waals surface area contributed by atoms with Gasteiger partial charge in [-0.25, -0.2) is 0 Å². The van der Waals surface area contributed by atoms with Crippen molar-refractivity contribution >= 4 is 11.7 Å². The Morgan fingerprint density at radius 3 is 2.39 bits per heavy atom. The van der Waals surface area contributed by atoms with E-state index in [-0.39, 0.29) is 22.9 Å². The lowest BCUT2D eigenvalue weighted by atomic mass is 9.82. The van der Waals surface area contributed by atoms with Gasteiger partial charge in [0.25, 0.3) is 0 Å². The number of ether oxygens (including phenoxy) is 1. The molecule has 2 aliphatic heterocycles. The lowest BCUT2D eigenvalue weighted by Crippen LogP contribution is -2.48. The maximum absolute atomic E-state index is 12.4. The van der Waals surface area contributed by atoms with Crippen molar-refractivity contribution in [3.63, 3.8) is 0 Å². The summed E-state index contributed by atoms with van der Waals surface area (Å²) < 4.78 is 5.80. The fourth-order valence-corrected chi connectivity index (χ4v) is 5.97. The van der Waals surface area contributed by atoms with Crippen molar-refractivity contribution in [3.8, 4) is 0 Å². The summed E-state index contributed by atoms with van der Waals surface area (Å²) >= 11 is 0. The summed E-state index contributed by atoms with van der Waals surface area (Å²) in [6, 6.07) is 6.87. The molecule has 1 aromatic carbocycles. The molecule has 172 valence electrons. The van der Waals surface area contributed by atoms with Crippen LogP contribution in [-0.2, 0) is 14.9 Å². The number of carbonyl (C=O) groups excluding carboxylic acids is 1. The van der Waals surface area contributed by atoms with Crippen LogP contribution in [-0.4, -0.2) is 49.7 Å². The molecule has 0 radical (unpaired) electrons. The van der Waals surface area contributed by atoms with Crippen LogP contribution >= 0.6 is 0 Å². The molecule has 2 heterocycles. The van der Waals surface area contributed by atoms with Crippen LogP contribution in [0.15, 0.2) is 18.2 Å². The fraction of sp³-hybridized carbons (Fsp3) is 0.741. The van der Waals surface area contributed by atoms with Crippen LogP contribution < -0.4 is 4.90 Å². The minimum absolute atomic E-state index is 0.0971. The Morgan fingerprint density at radius 2 is 1.77 bits per heavy atom. The Labute approximate surface area is 189 Å². The molecule has 31 heavy (non-hydrogen) atoms. The Bertz CT molecular complexity index is 781. The molecule has 0 aromatic heterocycles. The zero-order valence-corrected chi connectivity index (χ0v) is 20.4. The number of piperazine rings is 1. The molecule has 4 rings (SSSR count). The van der Waals surface area contributed by atoms with E-state index >= 15 is 0 Å². The van der Waals surface area contributed by atoms with Gasteiger partial charge in [0, 0.05) is 44.8 Å². The number of cyclic esters (lactones) is 1. The van der Waals surface area contributed by atoms with E-state index in [1.165, 1.54) is 29.7 Å². The lowest BCUT2D eigenvalue weighted by molar-refractivity contribution is -0.148. The van der Waals surface area contributed by atoms with Crippen LogP contribution in [0, 0.1) is 5.41 Å². The quantitative estimate of drug-likeness (QED) is 0.583. The highest BCUT2D eigenvalue weighted by Gasteiger charge is 2.50. The largest absolute Gasteiger partial charge is 0.462 e. The van der Waals surface area contributed by atoms with Crippen LogP contribution in [0.4, 0.5) is 5.69 Å². The van der Waals surface area contributed by atoms with Gasteiger partial charge in [0.2, 0.25) is 0 Å². The number of para-hydroxylation sites is 1. The van der Waals surface area contributed by atoms with Crippen molar-refractivity contribution in [1.82, 2.24) is 4.90 Å². The standard InChI is InChI=1S/C27H42N2O2/c1-20(2)22-9-8-10-23(26(3,4)5)24(22)29-17-15-28(16-18-29)14-11-21-19-27(25(30)31-21)12-6-7-13-27/h8-10,20-21H,6-7,11-19H2,1-5H3. The summed E-state index contributed by atoms with van der Waals surface area (Å²) in [6.07, 6.45) is 6.57. The molecule has 4 heteroatoms. The highest BCUT2D eigenvalue weighted by molar-refractivity contribution is 5.79. The summed E-state index contributed by atoms with van der Waals surface area (Å²) in [5.74, 6) is 0.620. The van der Waals surface area contributed by atoms with Gasteiger partial charge in [0.1, 0.15) is 6.10 Å². The molecule has 0 amide bonds. The van der Waals surface area contributed by atoms with E-state index in [0.717, 1.165) is 58.4 Å². The Balaban J connectivity index is 1.36. The van der Waals surface area contributed by atoms with Crippen molar-refractivity contribution in [2.24, 2.45) is 5.41 Å². The molecule has 3 fully saturated rings. The van der Waals surface area contributed by atoms with Crippen molar-refractivity contribution < 1.29 is 9.53 Å². The number of benzene rings is 1. The van der Waals surface area contributed by atoms with Crippen molar-refractivity contribution in [2.75, 3.05) is 37.6 Å². The van der Waals surface area contributed by atoms with E-state index in [0.29, 0.717) is 5.92 Å². The Kier molecular flexibility index (Phi) is 6.40. The zero-order chi connectivity index (χ0) is 22.2. The molecule has 0 N–H and O–H groups in total. The van der Waals surface area contributed by atoms with Crippen molar-refractivity contribution in [2.45, 2.75) is 90.6 Å². The van der Waals surface area contributed by atoms with Gasteiger partial charge in [0.05, 0.1) is 5.41 Å². The molecule has 1 saturated carbocycles. The zero-order valence-electron chi connectivity index (χ0n) is 20.4. The third-order valence-corrected chi connectivity index (χ3v) is 7.84. The van der Waals surface area contributed by atoms with Gasteiger partial charge in [-0.3, -0.25) is 9.69 Å². The average Bonchev–Trinajstić information content (AvgIpc) is 3.33. The van der Waals surface area contributed by atoms with E-state index < -0.39 is 0 Å². The molecule has 3 aliphatic rings. The monoisotopic (exact) mass is 426 g/mol. The van der Waals surface area contributed by atoms with Crippen LogP contribution in [0.5, 0.6) is 0 Å². The predicted octanol–water partition coefficient (Wildman–Crippen LogP) is 5.50. The smallest absolute Gasteiger partial charge is 0.312 e. The number of hydrogen-bond donors (Lipinski definition) is 0. The highest BCUT2D eigenvalue weighted by atomic mass is 16.6. The minimum Gasteiger partial charge on any atom is -0.462 e. The number of rotatable bonds is 5. The fourth-order valence-electron chi connectivity index (χ4n) is 5.97. The van der Waals surface area contributed by atoms with Gasteiger partial charge < -0.3 is 9.64 Å². The van der Waals surface area contributed by atoms with Gasteiger partial charge in [-0.05, 0) is 41.7 Å². The molecule has 2 saturated heterocycles. The maximum Gasteiger partial charge on any atom is 0.312 e. The van der Waals surface area contributed by atoms with E-state index in [2.05, 4.69) is 62.6 Å². The summed E-state index contributed by atoms with van der Waals surface area (Å²) in [4.78, 5) is 17.6. The van der Waals surface area contributed by atoms with Crippen molar-refractivity contribution in [1.29, 1.82) is 0 Å². The lowest BCUT2D eigenvalue weighted by Gasteiger charge is -2.40. The molecule has 1 aliphatic carbocycles. The summed E-state index contributed by atoms with van der Waals surface area (Å²) in [5, 5.41) is 0. The average molecular weight is 427 g/mol. The minimum atomic E-state index is -0.118. The predicted molar refractivity (Wildman–Crippen MR) is 128 cm³/mol. The first kappa shape index (κ1) is 22.6. The maximum atomic E-state index is 12.4. The number of esters is 1. The highest BCUT2D eigenvalue weighted by Crippen LogP contribution is 2.48. The van der Waals surface area contributed by atoms with E-state index in [1.807, 2.05) is 0 Å². The van der Waals surface area contributed by atoms with Gasteiger partial charge in [-0.2, -0.15) is 0 Å². The molecular weight excluding hydrogens is 384 g/mol. The van der Waals surface area contributed by atoms with Gasteiger partial charge in [-0.15, -0.1) is 0 Å². The van der Waals surface area contributed by atoms with E-state index in [1.54, 1.807) is 0 Å². The summed E-state index contributed by atoms with van der Waals surface area (Å²) in [6.45, 7) is 16.9. The molecule has 1 aromatic rings. The third-order valence-electron chi connectivity index (χ3n) is 7.84. The Morgan fingerprint density at radius 1 is 1.10 bits per heavy atom. The van der Waals surface area contributed by atoms with Crippen LogP contribution in [0.3, 0.4) is 0 Å². The molecule has 1 spiro atoms. The molecule has 0 bridgehead atoms. The first-order valence-electron chi connectivity index (χ1n) is 12.5. The van der Waals surface area contributed by atoms with Crippen LogP contribution in [0.2, 0.25) is 0 Å². The Hall–Kier alpha value is -1.55. The second-order valence-electron chi connectivity index (χ2n) is 11.5. The SMILES string of the molecule is CC(C)c1cccc(C(C)(C)C)c1N1CCN(CCC2CC3(CCCC3)C(=O)O2)CC1. The first-order chi connectivity index (χ1) is 14.7. The topological polar surface area (TPSA) is 32.8 Å². The van der Waals surface area contributed by atoms with E-state index in [4.69, 9.17) is 4.74 Å². The third kappa shape index (κ3) is 4.65. The normalized spacial score (nSPS) is 24.4. The van der Waals surface area contributed by atoms with Crippen LogP contribution in [0.1, 0.15) is 90.2 Å². The van der Waals surface area contributed by atoms with Gasteiger partial charge in [-0.1, -0.05) is 65.7 Å². The number of nitrogens with zero attached hydrogens (tertiary/aromatic N) is 2. The number of anilines is 1. The second kappa shape index (κ2) is 8.77. The van der Waals surface area contributed by atoms with Crippen LogP contribution in [0.25, 0.3) is 0 Å². The van der Waals surface area contributed by atoms with Crippen molar-refractivity contribution in [3.05, 3.63) is 29.3 Å². The molecular formula is C27H42N2O2. The van der Waals surface area contributed by atoms with E-state index in [9.17, 15) is 4.79 Å². The summed E-state index contributed by atoms with van der Waals surface area (Å²) in [7, 11) is 0. The molecule has 1 unspecified atom stereocenters. The number of carbonyl (C=O) groups is 1. The number of hydrogen-bond acceptors (Lipinski definition) is 4. The molecule has 4 nitrogen and oxygen atoms in total. The molecule has 1 atom stereocenters.